The van der Waals surface area contributed by atoms with Crippen molar-refractivity contribution in [2.24, 2.45) is 5.92 Å². The molecular weight excluding hydrogens is 198 g/mol. The van der Waals surface area contributed by atoms with E-state index in [1.54, 1.807) is 0 Å². The van der Waals surface area contributed by atoms with Crippen molar-refractivity contribution in [1.29, 1.82) is 0 Å². The zero-order chi connectivity index (χ0) is 13.0. The van der Waals surface area contributed by atoms with Gasteiger partial charge in [-0.2, -0.15) is 0 Å². The first-order valence-electron chi connectivity index (χ1n) is 7.07. The van der Waals surface area contributed by atoms with Crippen LogP contribution in [0.4, 0.5) is 0 Å². The van der Waals surface area contributed by atoms with Gasteiger partial charge in [0.2, 0.25) is 0 Å². The van der Waals surface area contributed by atoms with Crippen LogP contribution in [0.3, 0.4) is 0 Å². The SMILES string of the molecule is CC.CC.CCCN1CCOCC1C(C)C. The lowest BCUT2D eigenvalue weighted by molar-refractivity contribution is -0.0241. The molecule has 1 aliphatic heterocycles. The molecule has 0 aliphatic carbocycles. The van der Waals surface area contributed by atoms with Gasteiger partial charge in [-0.05, 0) is 18.9 Å². The Morgan fingerprint density at radius 1 is 1.19 bits per heavy atom. The highest BCUT2D eigenvalue weighted by Crippen LogP contribution is 2.15. The van der Waals surface area contributed by atoms with Crippen molar-refractivity contribution in [2.45, 2.75) is 60.9 Å². The Balaban J connectivity index is 0. The van der Waals surface area contributed by atoms with Crippen LogP contribution < -0.4 is 0 Å². The van der Waals surface area contributed by atoms with Crippen molar-refractivity contribution < 1.29 is 4.74 Å². The fourth-order valence-electron chi connectivity index (χ4n) is 1.84. The van der Waals surface area contributed by atoms with Crippen LogP contribution in [0.25, 0.3) is 0 Å². The molecule has 16 heavy (non-hydrogen) atoms. The Morgan fingerprint density at radius 3 is 2.19 bits per heavy atom. The van der Waals surface area contributed by atoms with Gasteiger partial charge < -0.3 is 4.74 Å². The lowest BCUT2D eigenvalue weighted by Crippen LogP contribution is -2.48. The van der Waals surface area contributed by atoms with Gasteiger partial charge in [-0.1, -0.05) is 48.5 Å². The van der Waals surface area contributed by atoms with E-state index in [2.05, 4.69) is 25.7 Å². The number of morpholine rings is 1. The summed E-state index contributed by atoms with van der Waals surface area (Å²) in [6.45, 7) is 19.0. The molecule has 1 atom stereocenters. The molecule has 1 saturated heterocycles. The zero-order valence-electron chi connectivity index (χ0n) is 12.5. The van der Waals surface area contributed by atoms with Crippen LogP contribution in [-0.2, 0) is 4.74 Å². The molecule has 100 valence electrons. The van der Waals surface area contributed by atoms with E-state index in [1.807, 2.05) is 27.7 Å². The molecule has 1 rings (SSSR count). The first-order valence-corrected chi connectivity index (χ1v) is 7.07. The van der Waals surface area contributed by atoms with E-state index in [9.17, 15) is 0 Å². The van der Waals surface area contributed by atoms with E-state index in [-0.39, 0.29) is 0 Å². The molecule has 2 nitrogen and oxygen atoms in total. The number of nitrogens with zero attached hydrogens (tertiary/aromatic N) is 1. The van der Waals surface area contributed by atoms with Crippen LogP contribution in [-0.4, -0.2) is 37.2 Å². The Labute approximate surface area is 103 Å². The second-order valence-corrected chi connectivity index (χ2v) is 3.92. The smallest absolute Gasteiger partial charge is 0.0624 e. The predicted molar refractivity (Wildman–Crippen MR) is 74.0 cm³/mol. The van der Waals surface area contributed by atoms with Gasteiger partial charge in [0.1, 0.15) is 0 Å². The second-order valence-electron chi connectivity index (χ2n) is 3.92. The molecule has 0 N–H and O–H groups in total. The van der Waals surface area contributed by atoms with Gasteiger partial charge in [0.15, 0.2) is 0 Å². The molecule has 1 unspecified atom stereocenters. The van der Waals surface area contributed by atoms with Crippen molar-refractivity contribution in [1.82, 2.24) is 4.90 Å². The average molecular weight is 231 g/mol. The molecule has 1 aliphatic rings. The maximum Gasteiger partial charge on any atom is 0.0624 e. The number of hydrogen-bond donors (Lipinski definition) is 0. The van der Waals surface area contributed by atoms with E-state index >= 15 is 0 Å². The lowest BCUT2D eigenvalue weighted by atomic mass is 10.0. The molecule has 1 fully saturated rings. The van der Waals surface area contributed by atoms with Crippen molar-refractivity contribution in [3.8, 4) is 0 Å². The van der Waals surface area contributed by atoms with Crippen LogP contribution in [0.5, 0.6) is 0 Å². The van der Waals surface area contributed by atoms with E-state index in [4.69, 9.17) is 4.74 Å². The van der Waals surface area contributed by atoms with Crippen molar-refractivity contribution >= 4 is 0 Å². The summed E-state index contributed by atoms with van der Waals surface area (Å²) in [4.78, 5) is 2.56. The first kappa shape index (κ1) is 18.3. The highest BCUT2D eigenvalue weighted by Gasteiger charge is 2.24. The Bertz CT molecular complexity index is 124. The second kappa shape index (κ2) is 13.0. The fourth-order valence-corrected chi connectivity index (χ4v) is 1.84. The Kier molecular flexibility index (Phi) is 14.8. The molecule has 0 aromatic rings. The predicted octanol–water partition coefficient (Wildman–Crippen LogP) is 3.81. The normalized spacial score (nSPS) is 20.6. The molecule has 1 heterocycles. The molecule has 0 aromatic heterocycles. The lowest BCUT2D eigenvalue weighted by Gasteiger charge is -2.37. The molecular formula is C14H33NO. The molecule has 0 saturated carbocycles. The summed E-state index contributed by atoms with van der Waals surface area (Å²) < 4.78 is 5.48. The molecule has 0 bridgehead atoms. The number of hydrogen-bond acceptors (Lipinski definition) is 2. The third-order valence-corrected chi connectivity index (χ3v) is 2.56. The summed E-state index contributed by atoms with van der Waals surface area (Å²) in [5.74, 6) is 0.719. The third kappa shape index (κ3) is 7.24. The van der Waals surface area contributed by atoms with E-state index in [0.29, 0.717) is 6.04 Å². The van der Waals surface area contributed by atoms with E-state index in [0.717, 1.165) is 25.7 Å². The van der Waals surface area contributed by atoms with Crippen LogP contribution in [0.1, 0.15) is 54.9 Å². The standard InChI is InChI=1S/C10H21NO.2C2H6/c1-4-5-11-6-7-12-8-10(11)9(2)3;2*1-2/h9-10H,4-8H2,1-3H3;2*1-2H3. The van der Waals surface area contributed by atoms with Crippen LogP contribution in [0, 0.1) is 5.92 Å². The average Bonchev–Trinajstić information content (AvgIpc) is 2.35. The maximum absolute atomic E-state index is 5.48. The van der Waals surface area contributed by atoms with Gasteiger partial charge >= 0.3 is 0 Å². The van der Waals surface area contributed by atoms with Gasteiger partial charge in [-0.25, -0.2) is 0 Å². The minimum atomic E-state index is 0.652. The van der Waals surface area contributed by atoms with Gasteiger partial charge in [0, 0.05) is 12.6 Å². The van der Waals surface area contributed by atoms with E-state index < -0.39 is 0 Å². The van der Waals surface area contributed by atoms with Gasteiger partial charge in [0.25, 0.3) is 0 Å². The zero-order valence-corrected chi connectivity index (χ0v) is 12.5. The summed E-state index contributed by atoms with van der Waals surface area (Å²) in [5, 5.41) is 0. The molecule has 0 spiro atoms. The minimum absolute atomic E-state index is 0.652. The summed E-state index contributed by atoms with van der Waals surface area (Å²) in [7, 11) is 0. The number of ether oxygens (including phenoxy) is 1. The summed E-state index contributed by atoms with van der Waals surface area (Å²) in [5.41, 5.74) is 0. The topological polar surface area (TPSA) is 12.5 Å². The van der Waals surface area contributed by atoms with Crippen LogP contribution in [0.15, 0.2) is 0 Å². The van der Waals surface area contributed by atoms with Crippen LogP contribution in [0.2, 0.25) is 0 Å². The molecule has 2 heteroatoms. The van der Waals surface area contributed by atoms with Crippen molar-refractivity contribution in [3.05, 3.63) is 0 Å². The van der Waals surface area contributed by atoms with Gasteiger partial charge in [-0.3, -0.25) is 4.90 Å². The number of rotatable bonds is 3. The quantitative estimate of drug-likeness (QED) is 0.732. The maximum atomic E-state index is 5.48. The van der Waals surface area contributed by atoms with Crippen molar-refractivity contribution in [3.63, 3.8) is 0 Å². The third-order valence-electron chi connectivity index (χ3n) is 2.56. The monoisotopic (exact) mass is 231 g/mol. The highest BCUT2D eigenvalue weighted by molar-refractivity contribution is 4.77. The van der Waals surface area contributed by atoms with Crippen LogP contribution >= 0.6 is 0 Å². The first-order chi connectivity index (χ1) is 7.75. The largest absolute Gasteiger partial charge is 0.378 e. The molecule has 0 radical (unpaired) electrons. The summed E-state index contributed by atoms with van der Waals surface area (Å²) >= 11 is 0. The van der Waals surface area contributed by atoms with Gasteiger partial charge in [-0.15, -0.1) is 0 Å². The Morgan fingerprint density at radius 2 is 1.75 bits per heavy atom. The molecule has 0 amide bonds. The summed E-state index contributed by atoms with van der Waals surface area (Å²) in [6.07, 6.45) is 1.25. The summed E-state index contributed by atoms with van der Waals surface area (Å²) in [6, 6.07) is 0.652. The van der Waals surface area contributed by atoms with E-state index in [1.165, 1.54) is 13.0 Å². The fraction of sp³-hybridized carbons (Fsp3) is 1.00. The Hall–Kier alpha value is -0.0800. The highest BCUT2D eigenvalue weighted by atomic mass is 16.5. The van der Waals surface area contributed by atoms with Crippen molar-refractivity contribution in [2.75, 3.05) is 26.3 Å². The molecule has 0 aromatic carbocycles. The minimum Gasteiger partial charge on any atom is -0.378 e. The van der Waals surface area contributed by atoms with Gasteiger partial charge in [0.05, 0.1) is 13.2 Å².